The average Bonchev–Trinajstić information content (AvgIpc) is 2.95. The van der Waals surface area contributed by atoms with Crippen molar-refractivity contribution >= 4 is 35.8 Å². The van der Waals surface area contributed by atoms with Crippen molar-refractivity contribution in [3.8, 4) is 0 Å². The van der Waals surface area contributed by atoms with Crippen LogP contribution in [0, 0.1) is 5.41 Å². The second-order valence-electron chi connectivity index (χ2n) is 6.23. The highest BCUT2D eigenvalue weighted by atomic mass is 127. The summed E-state index contributed by atoms with van der Waals surface area (Å²) >= 11 is 0. The van der Waals surface area contributed by atoms with E-state index in [0.717, 1.165) is 25.3 Å². The minimum Gasteiger partial charge on any atom is -0.355 e. The van der Waals surface area contributed by atoms with Gasteiger partial charge < -0.3 is 20.5 Å². The van der Waals surface area contributed by atoms with Crippen LogP contribution in [-0.4, -0.2) is 53.3 Å². The summed E-state index contributed by atoms with van der Waals surface area (Å²) in [7, 11) is 1.72. The highest BCUT2D eigenvalue weighted by Gasteiger charge is 2.20. The number of aliphatic imine (C=N–C) groups is 1. The summed E-state index contributed by atoms with van der Waals surface area (Å²) in [4.78, 5) is 15.9. The smallest absolute Gasteiger partial charge is 0.225 e. The molecular weight excluding hydrogens is 421 g/mol. The van der Waals surface area contributed by atoms with Crippen LogP contribution in [-0.2, 0) is 17.8 Å². The fourth-order valence-electron chi connectivity index (χ4n) is 1.88. The Morgan fingerprint density at radius 3 is 2.42 bits per heavy atom. The first-order valence-electron chi connectivity index (χ1n) is 7.98. The first-order chi connectivity index (χ1) is 10.9. The van der Waals surface area contributed by atoms with Gasteiger partial charge in [0.1, 0.15) is 12.2 Å². The minimum atomic E-state index is -0.365. The number of carbonyl (C=O) groups excluding carboxylic acids is 1. The van der Waals surface area contributed by atoms with Gasteiger partial charge in [-0.1, -0.05) is 27.7 Å². The van der Waals surface area contributed by atoms with Crippen LogP contribution in [0.1, 0.15) is 33.5 Å². The van der Waals surface area contributed by atoms with Crippen molar-refractivity contribution in [2.45, 2.75) is 40.7 Å². The van der Waals surface area contributed by atoms with Crippen LogP contribution < -0.4 is 16.0 Å². The molecule has 0 spiro atoms. The predicted molar refractivity (Wildman–Crippen MR) is 107 cm³/mol. The normalized spacial score (nSPS) is 11.6. The summed E-state index contributed by atoms with van der Waals surface area (Å²) in [5.41, 5.74) is -0.365. The molecule has 0 saturated heterocycles. The van der Waals surface area contributed by atoms with Gasteiger partial charge in [-0.2, -0.15) is 0 Å². The fourth-order valence-corrected chi connectivity index (χ4v) is 1.88. The lowest BCUT2D eigenvalue weighted by molar-refractivity contribution is -0.128. The Bertz CT molecular complexity index is 522. The second kappa shape index (κ2) is 11.2. The van der Waals surface area contributed by atoms with Crippen molar-refractivity contribution in [1.29, 1.82) is 0 Å². The van der Waals surface area contributed by atoms with Gasteiger partial charge in [-0.15, -0.1) is 34.2 Å². The van der Waals surface area contributed by atoms with E-state index in [4.69, 9.17) is 0 Å². The molecule has 0 bridgehead atoms. The van der Waals surface area contributed by atoms with E-state index in [2.05, 4.69) is 38.1 Å². The Hall–Kier alpha value is -1.39. The Kier molecular flexibility index (Phi) is 10.6. The zero-order valence-corrected chi connectivity index (χ0v) is 17.5. The summed E-state index contributed by atoms with van der Waals surface area (Å²) in [5.74, 6) is 1.72. The lowest BCUT2D eigenvalue weighted by Crippen LogP contribution is -2.44. The minimum absolute atomic E-state index is 0. The quantitative estimate of drug-likeness (QED) is 0.247. The van der Waals surface area contributed by atoms with E-state index in [1.54, 1.807) is 13.4 Å². The van der Waals surface area contributed by atoms with Crippen LogP contribution in [0.3, 0.4) is 0 Å². The third-order valence-corrected chi connectivity index (χ3v) is 3.26. The van der Waals surface area contributed by atoms with Crippen LogP contribution in [0.15, 0.2) is 11.3 Å². The van der Waals surface area contributed by atoms with Crippen molar-refractivity contribution < 1.29 is 4.79 Å². The molecule has 0 atom stereocenters. The maximum Gasteiger partial charge on any atom is 0.225 e. The largest absolute Gasteiger partial charge is 0.355 e. The number of halogens is 1. The zero-order valence-electron chi connectivity index (χ0n) is 15.2. The van der Waals surface area contributed by atoms with E-state index in [0.29, 0.717) is 19.0 Å². The second-order valence-corrected chi connectivity index (χ2v) is 6.23. The molecule has 1 aromatic rings. The molecule has 1 amide bonds. The van der Waals surface area contributed by atoms with Crippen LogP contribution in [0.4, 0.5) is 0 Å². The van der Waals surface area contributed by atoms with Crippen LogP contribution in [0.2, 0.25) is 0 Å². The number of rotatable bonds is 7. The van der Waals surface area contributed by atoms with E-state index in [1.165, 1.54) is 0 Å². The standard InChI is InChI=1S/C15H29N7O.HI/c1-6-12-21-20-11-22(12)10-9-19-14(16-5)18-8-7-17-13(23)15(2,3)4;/h11H,6-10H2,1-5H3,(H,17,23)(H2,16,18,19);1H. The van der Waals surface area contributed by atoms with Crippen LogP contribution in [0.5, 0.6) is 0 Å². The fraction of sp³-hybridized carbons (Fsp3) is 0.733. The summed E-state index contributed by atoms with van der Waals surface area (Å²) < 4.78 is 2.02. The van der Waals surface area contributed by atoms with Gasteiger partial charge in [0.15, 0.2) is 5.96 Å². The molecule has 138 valence electrons. The Labute approximate surface area is 161 Å². The molecule has 3 N–H and O–H groups in total. The summed E-state index contributed by atoms with van der Waals surface area (Å²) in [6.07, 6.45) is 2.60. The number of guanidine groups is 1. The van der Waals surface area contributed by atoms with E-state index in [1.807, 2.05) is 25.3 Å². The molecular formula is C15H30IN7O. The highest BCUT2D eigenvalue weighted by Crippen LogP contribution is 2.11. The van der Waals surface area contributed by atoms with Gasteiger partial charge >= 0.3 is 0 Å². The zero-order chi connectivity index (χ0) is 17.3. The Balaban J connectivity index is 0.00000529. The molecule has 0 aliphatic rings. The number of carbonyl (C=O) groups is 1. The molecule has 9 heteroatoms. The highest BCUT2D eigenvalue weighted by molar-refractivity contribution is 14.0. The number of hydrogen-bond donors (Lipinski definition) is 3. The van der Waals surface area contributed by atoms with Gasteiger partial charge in [0.2, 0.25) is 5.91 Å². The van der Waals surface area contributed by atoms with Gasteiger partial charge in [-0.25, -0.2) is 0 Å². The first-order valence-corrected chi connectivity index (χ1v) is 7.98. The molecule has 0 radical (unpaired) electrons. The number of aromatic nitrogens is 3. The summed E-state index contributed by atoms with van der Waals surface area (Å²) in [6, 6.07) is 0. The van der Waals surface area contributed by atoms with Gasteiger partial charge in [-0.3, -0.25) is 9.79 Å². The van der Waals surface area contributed by atoms with Crippen molar-refractivity contribution in [3.63, 3.8) is 0 Å². The predicted octanol–water partition coefficient (Wildman–Crippen LogP) is 0.786. The number of hydrogen-bond acceptors (Lipinski definition) is 4. The van der Waals surface area contributed by atoms with E-state index in [-0.39, 0.29) is 35.3 Å². The Morgan fingerprint density at radius 2 is 1.83 bits per heavy atom. The lowest BCUT2D eigenvalue weighted by atomic mass is 9.96. The molecule has 1 aromatic heterocycles. The van der Waals surface area contributed by atoms with Crippen molar-refractivity contribution in [3.05, 3.63) is 12.2 Å². The van der Waals surface area contributed by atoms with Gasteiger partial charge in [-0.05, 0) is 0 Å². The molecule has 0 aliphatic carbocycles. The van der Waals surface area contributed by atoms with Gasteiger partial charge in [0.05, 0.1) is 0 Å². The van der Waals surface area contributed by atoms with Gasteiger partial charge in [0.25, 0.3) is 0 Å². The lowest BCUT2D eigenvalue weighted by Gasteiger charge is -2.18. The first kappa shape index (κ1) is 22.6. The monoisotopic (exact) mass is 451 g/mol. The summed E-state index contributed by atoms with van der Waals surface area (Å²) in [5, 5.41) is 17.2. The van der Waals surface area contributed by atoms with Crippen LogP contribution in [0.25, 0.3) is 0 Å². The molecule has 0 unspecified atom stereocenters. The molecule has 0 saturated carbocycles. The Morgan fingerprint density at radius 1 is 1.21 bits per heavy atom. The van der Waals surface area contributed by atoms with E-state index >= 15 is 0 Å². The SMILES string of the molecule is CCc1nncn1CCNC(=NC)NCCNC(=O)C(C)(C)C.I. The van der Waals surface area contributed by atoms with Crippen molar-refractivity contribution in [2.24, 2.45) is 10.4 Å². The molecule has 8 nitrogen and oxygen atoms in total. The molecule has 0 aliphatic heterocycles. The van der Waals surface area contributed by atoms with Gasteiger partial charge in [0, 0.05) is 45.1 Å². The number of aryl methyl sites for hydroxylation is 1. The maximum atomic E-state index is 11.7. The number of nitrogens with zero attached hydrogens (tertiary/aromatic N) is 4. The summed E-state index contributed by atoms with van der Waals surface area (Å²) in [6.45, 7) is 10.4. The maximum absolute atomic E-state index is 11.7. The van der Waals surface area contributed by atoms with Crippen molar-refractivity contribution in [1.82, 2.24) is 30.7 Å². The van der Waals surface area contributed by atoms with E-state index < -0.39 is 0 Å². The average molecular weight is 451 g/mol. The molecule has 1 rings (SSSR count). The molecule has 0 fully saturated rings. The molecule has 24 heavy (non-hydrogen) atoms. The molecule has 1 heterocycles. The van der Waals surface area contributed by atoms with E-state index in [9.17, 15) is 4.79 Å². The van der Waals surface area contributed by atoms with Crippen molar-refractivity contribution in [2.75, 3.05) is 26.7 Å². The molecule has 0 aromatic carbocycles. The third-order valence-electron chi connectivity index (χ3n) is 3.26. The number of nitrogens with one attached hydrogen (secondary N) is 3. The number of amides is 1. The topological polar surface area (TPSA) is 96.2 Å². The third kappa shape index (κ3) is 7.93. The van der Waals surface area contributed by atoms with Crippen LogP contribution >= 0.6 is 24.0 Å².